The maximum atomic E-state index is 12.9. The number of rotatable bonds is 1. The molecule has 0 saturated carbocycles. The number of benzene rings is 1. The van der Waals surface area contributed by atoms with Crippen molar-refractivity contribution >= 4 is 29.3 Å². The first-order valence-electron chi connectivity index (χ1n) is 11.5. The summed E-state index contributed by atoms with van der Waals surface area (Å²) in [6, 6.07) is 3.33. The third kappa shape index (κ3) is 5.74. The van der Waals surface area contributed by atoms with Crippen molar-refractivity contribution in [3.8, 4) is 5.75 Å². The number of ether oxygens (including phenoxy) is 3. The molecule has 0 aliphatic carbocycles. The van der Waals surface area contributed by atoms with Gasteiger partial charge in [0.1, 0.15) is 16.9 Å². The third-order valence-corrected chi connectivity index (χ3v) is 6.92. The first-order chi connectivity index (χ1) is 16.2. The fourth-order valence-corrected chi connectivity index (χ4v) is 4.86. The third-order valence-electron chi connectivity index (χ3n) is 6.54. The Balaban J connectivity index is 1.61. The fourth-order valence-electron chi connectivity index (χ4n) is 4.55. The number of allylic oxidation sites excluding steroid dienone is 3. The van der Waals surface area contributed by atoms with Crippen LogP contribution in [0.1, 0.15) is 38.2 Å². The molecule has 1 aromatic rings. The summed E-state index contributed by atoms with van der Waals surface area (Å²) in [4.78, 5) is 26.5. The van der Waals surface area contributed by atoms with Gasteiger partial charge in [-0.3, -0.25) is 4.79 Å². The van der Waals surface area contributed by atoms with Gasteiger partial charge in [0.2, 0.25) is 5.91 Å². The number of amides is 2. The van der Waals surface area contributed by atoms with Crippen LogP contribution in [0.15, 0.2) is 35.9 Å². The lowest BCUT2D eigenvalue weighted by atomic mass is 9.97. The number of hydrogen-bond donors (Lipinski definition) is 2. The summed E-state index contributed by atoms with van der Waals surface area (Å²) in [5.41, 5.74) is 2.58. The Morgan fingerprint density at radius 1 is 1.24 bits per heavy atom. The van der Waals surface area contributed by atoms with Crippen molar-refractivity contribution in [3.05, 3.63) is 46.5 Å². The second-order valence-corrected chi connectivity index (χ2v) is 9.53. The molecule has 3 heterocycles. The number of nitrogens with one attached hydrogen (secondary N) is 1. The van der Waals surface area contributed by atoms with Crippen LogP contribution < -0.4 is 15.0 Å². The normalized spacial score (nSPS) is 32.6. The summed E-state index contributed by atoms with van der Waals surface area (Å²) >= 11 is 6.54. The number of nitrogens with zero attached hydrogens (tertiary/aromatic N) is 1. The summed E-state index contributed by atoms with van der Waals surface area (Å²) in [6.45, 7) is 1.98. The average molecular weight is 491 g/mol. The van der Waals surface area contributed by atoms with E-state index >= 15 is 0 Å². The molecule has 5 atom stereocenters. The quantitative estimate of drug-likeness (QED) is 0.584. The number of carbonyl (C=O) groups excluding carboxylic acids is 2. The van der Waals surface area contributed by atoms with Gasteiger partial charge in [-0.2, -0.15) is 0 Å². The minimum Gasteiger partial charge on any atom is -0.495 e. The molecule has 2 saturated heterocycles. The number of carbonyl (C=O) groups is 2. The van der Waals surface area contributed by atoms with Crippen LogP contribution in [0.4, 0.5) is 10.5 Å². The van der Waals surface area contributed by atoms with Gasteiger partial charge < -0.3 is 29.5 Å². The minimum absolute atomic E-state index is 0.0560. The second kappa shape index (κ2) is 10.4. The molecular formula is C25H31ClN2O6. The predicted molar refractivity (Wildman–Crippen MR) is 128 cm³/mol. The number of halogens is 1. The van der Waals surface area contributed by atoms with Crippen LogP contribution >= 0.6 is 11.6 Å². The highest BCUT2D eigenvalue weighted by atomic mass is 35.5. The highest BCUT2D eigenvalue weighted by Gasteiger charge is 2.43. The molecule has 34 heavy (non-hydrogen) atoms. The molecule has 0 aromatic heterocycles. The Morgan fingerprint density at radius 2 is 2.03 bits per heavy atom. The van der Waals surface area contributed by atoms with Crippen molar-refractivity contribution in [2.24, 2.45) is 0 Å². The number of aliphatic hydroxyl groups excluding tert-OH is 1. The number of alkyl carbamates (subject to hydrolysis) is 1. The molecule has 1 aromatic carbocycles. The molecule has 2 amide bonds. The fraction of sp³-hybridized carbons (Fsp3) is 0.520. The van der Waals surface area contributed by atoms with Crippen LogP contribution in [-0.2, 0) is 20.7 Å². The van der Waals surface area contributed by atoms with Gasteiger partial charge in [0.25, 0.3) is 0 Å². The Hall–Kier alpha value is -2.55. The van der Waals surface area contributed by atoms with E-state index in [-0.39, 0.29) is 24.2 Å². The maximum absolute atomic E-state index is 12.9. The number of aliphatic hydroxyl groups is 1. The van der Waals surface area contributed by atoms with Crippen LogP contribution in [0.5, 0.6) is 5.75 Å². The van der Waals surface area contributed by atoms with Crippen molar-refractivity contribution in [1.82, 2.24) is 5.32 Å². The molecule has 2 fully saturated rings. The molecule has 9 heteroatoms. The SMILES string of the molecule is COc1cc2cc(c1Cl)N(C)C(=O)CCC1OC1CC1CC(NC(=O)O1)[C@H](O)/C=C/C=C(\C)C2. The summed E-state index contributed by atoms with van der Waals surface area (Å²) < 4.78 is 16.6. The van der Waals surface area contributed by atoms with E-state index < -0.39 is 18.2 Å². The summed E-state index contributed by atoms with van der Waals surface area (Å²) in [6.07, 6.45) is 6.02. The zero-order chi connectivity index (χ0) is 24.4. The molecule has 0 spiro atoms. The van der Waals surface area contributed by atoms with E-state index in [2.05, 4.69) is 5.32 Å². The molecule has 0 radical (unpaired) electrons. The van der Waals surface area contributed by atoms with Crippen LogP contribution in [0, 0.1) is 0 Å². The van der Waals surface area contributed by atoms with Crippen molar-refractivity contribution in [3.63, 3.8) is 0 Å². The molecule has 4 bridgehead atoms. The largest absolute Gasteiger partial charge is 0.495 e. The van der Waals surface area contributed by atoms with Gasteiger partial charge in [-0.15, -0.1) is 0 Å². The van der Waals surface area contributed by atoms with Crippen molar-refractivity contribution < 1.29 is 28.9 Å². The zero-order valence-corrected chi connectivity index (χ0v) is 20.4. The highest BCUT2D eigenvalue weighted by Crippen LogP contribution is 2.38. The Bertz CT molecular complexity index is 1010. The van der Waals surface area contributed by atoms with E-state index in [9.17, 15) is 14.7 Å². The van der Waals surface area contributed by atoms with Crippen molar-refractivity contribution in [2.75, 3.05) is 19.1 Å². The lowest BCUT2D eigenvalue weighted by Crippen LogP contribution is -2.51. The van der Waals surface area contributed by atoms with Crippen LogP contribution in [0.2, 0.25) is 5.02 Å². The molecule has 3 aliphatic heterocycles. The van der Waals surface area contributed by atoms with Gasteiger partial charge in [-0.1, -0.05) is 35.4 Å². The molecule has 4 unspecified atom stereocenters. The smallest absolute Gasteiger partial charge is 0.407 e. The number of anilines is 1. The first kappa shape index (κ1) is 24.6. The minimum atomic E-state index is -0.842. The van der Waals surface area contributed by atoms with Gasteiger partial charge in [0.15, 0.2) is 0 Å². The first-order valence-corrected chi connectivity index (χ1v) is 11.9. The number of hydrogen-bond acceptors (Lipinski definition) is 6. The zero-order valence-electron chi connectivity index (χ0n) is 19.6. The predicted octanol–water partition coefficient (Wildman–Crippen LogP) is 3.54. The lowest BCUT2D eigenvalue weighted by Gasteiger charge is -2.31. The summed E-state index contributed by atoms with van der Waals surface area (Å²) in [5.74, 6) is 0.437. The molecule has 184 valence electrons. The number of methoxy groups -OCH3 is 1. The number of fused-ring (bicyclic) bond motifs is 5. The Labute approximate surface area is 204 Å². The monoisotopic (exact) mass is 490 g/mol. The Morgan fingerprint density at radius 3 is 2.79 bits per heavy atom. The van der Waals surface area contributed by atoms with E-state index in [1.807, 2.05) is 25.1 Å². The van der Waals surface area contributed by atoms with Gasteiger partial charge >= 0.3 is 6.09 Å². The highest BCUT2D eigenvalue weighted by molar-refractivity contribution is 6.35. The van der Waals surface area contributed by atoms with E-state index in [1.54, 1.807) is 31.2 Å². The second-order valence-electron chi connectivity index (χ2n) is 9.15. The molecular weight excluding hydrogens is 460 g/mol. The van der Waals surface area contributed by atoms with Gasteiger partial charge in [-0.25, -0.2) is 4.79 Å². The van der Waals surface area contributed by atoms with Gasteiger partial charge in [0.05, 0.1) is 37.2 Å². The number of epoxide rings is 1. The van der Waals surface area contributed by atoms with Crippen LogP contribution in [-0.4, -0.2) is 61.7 Å². The lowest BCUT2D eigenvalue weighted by molar-refractivity contribution is -0.118. The maximum Gasteiger partial charge on any atom is 0.407 e. The van der Waals surface area contributed by atoms with E-state index in [0.29, 0.717) is 48.6 Å². The standard InChI is InChI=1S/C25H31ClN2O6/c1-14-5-4-6-19(29)17-12-16(33-25(31)27-17)13-21-20(34-21)7-8-23(30)28(2)18-10-15(9-14)11-22(32-3)24(18)26/h4-6,10-11,16-17,19-21,29H,7-9,12-13H2,1-3H3,(H,27,31)/b6-4+,14-5+/t16?,17?,19-,20?,21?/m1/s1. The van der Waals surface area contributed by atoms with Crippen molar-refractivity contribution in [2.45, 2.75) is 69.5 Å². The van der Waals surface area contributed by atoms with E-state index in [0.717, 1.165) is 11.1 Å². The van der Waals surface area contributed by atoms with Gasteiger partial charge in [-0.05, 0) is 37.5 Å². The molecule has 2 N–H and O–H groups in total. The summed E-state index contributed by atoms with van der Waals surface area (Å²) in [7, 11) is 3.26. The average Bonchev–Trinajstić information content (AvgIpc) is 3.54. The summed E-state index contributed by atoms with van der Waals surface area (Å²) in [5, 5.41) is 13.7. The molecule has 3 aliphatic rings. The van der Waals surface area contributed by atoms with E-state index in [1.165, 1.54) is 0 Å². The Kier molecular flexibility index (Phi) is 7.50. The van der Waals surface area contributed by atoms with Crippen LogP contribution in [0.3, 0.4) is 0 Å². The topological polar surface area (TPSA) is 101 Å². The molecule has 4 rings (SSSR count). The van der Waals surface area contributed by atoms with E-state index in [4.69, 9.17) is 25.8 Å². The van der Waals surface area contributed by atoms with Crippen molar-refractivity contribution in [1.29, 1.82) is 0 Å². The van der Waals surface area contributed by atoms with Gasteiger partial charge in [0, 0.05) is 26.3 Å². The van der Waals surface area contributed by atoms with Crippen LogP contribution in [0.25, 0.3) is 0 Å². The molecule has 8 nitrogen and oxygen atoms in total.